The van der Waals surface area contributed by atoms with Gasteiger partial charge in [-0.3, -0.25) is 4.79 Å². The van der Waals surface area contributed by atoms with E-state index in [0.29, 0.717) is 0 Å². The Kier molecular flexibility index (Phi) is 3.25. The number of ether oxygens (including phenoxy) is 1. The zero-order chi connectivity index (χ0) is 8.97. The van der Waals surface area contributed by atoms with Gasteiger partial charge in [-0.05, 0) is 22.4 Å². The molecule has 0 saturated carbocycles. The minimum atomic E-state index is -0.733. The molecule has 66 valence electrons. The van der Waals surface area contributed by atoms with Crippen LogP contribution >= 0.6 is 11.3 Å². The molecule has 0 aliphatic carbocycles. The molecule has 1 atom stereocenters. The first kappa shape index (κ1) is 9.22. The van der Waals surface area contributed by atoms with Crippen LogP contribution in [0.4, 0.5) is 0 Å². The van der Waals surface area contributed by atoms with E-state index in [2.05, 4.69) is 4.74 Å². The number of methoxy groups -OCH3 is 1. The van der Waals surface area contributed by atoms with Gasteiger partial charge in [-0.25, -0.2) is 0 Å². The lowest BCUT2D eigenvalue weighted by Gasteiger charge is -2.05. The molecule has 3 nitrogen and oxygen atoms in total. The van der Waals surface area contributed by atoms with Crippen LogP contribution in [0.5, 0.6) is 0 Å². The Balaban J connectivity index is 2.49. The van der Waals surface area contributed by atoms with E-state index in [-0.39, 0.29) is 6.42 Å². The van der Waals surface area contributed by atoms with Gasteiger partial charge in [0.1, 0.15) is 0 Å². The Morgan fingerprint density at radius 1 is 1.83 bits per heavy atom. The predicted molar refractivity (Wildman–Crippen MR) is 45.9 cm³/mol. The number of aliphatic hydroxyl groups is 1. The number of aliphatic hydroxyl groups excluding tert-OH is 1. The van der Waals surface area contributed by atoms with Crippen LogP contribution in [-0.2, 0) is 9.53 Å². The first-order valence-electron chi connectivity index (χ1n) is 3.51. The molecule has 0 amide bonds. The summed E-state index contributed by atoms with van der Waals surface area (Å²) >= 11 is 1.49. The number of rotatable bonds is 3. The van der Waals surface area contributed by atoms with Gasteiger partial charge in [0.2, 0.25) is 0 Å². The molecule has 1 aromatic rings. The fourth-order valence-electron chi connectivity index (χ4n) is 0.824. The molecule has 1 heterocycles. The summed E-state index contributed by atoms with van der Waals surface area (Å²) in [5.74, 6) is -0.395. The molecule has 12 heavy (non-hydrogen) atoms. The maximum atomic E-state index is 10.7. The summed E-state index contributed by atoms with van der Waals surface area (Å²) in [7, 11) is 1.31. The standard InChI is InChI=1S/C8H10O3S/c1-11-8(10)4-7(9)6-2-3-12-5-6/h2-3,5,7,9H,4H2,1H3. The molecule has 1 unspecified atom stereocenters. The number of hydrogen-bond acceptors (Lipinski definition) is 4. The Morgan fingerprint density at radius 3 is 3.08 bits per heavy atom. The van der Waals surface area contributed by atoms with E-state index >= 15 is 0 Å². The van der Waals surface area contributed by atoms with E-state index in [0.717, 1.165) is 5.56 Å². The Bertz CT molecular complexity index is 243. The van der Waals surface area contributed by atoms with Crippen LogP contribution in [0.3, 0.4) is 0 Å². The third-order valence-corrected chi connectivity index (χ3v) is 2.22. The van der Waals surface area contributed by atoms with Crippen molar-refractivity contribution in [2.24, 2.45) is 0 Å². The van der Waals surface area contributed by atoms with Crippen molar-refractivity contribution in [2.75, 3.05) is 7.11 Å². The molecule has 0 bridgehead atoms. The zero-order valence-electron chi connectivity index (χ0n) is 6.69. The molecule has 1 rings (SSSR count). The monoisotopic (exact) mass is 186 g/mol. The lowest BCUT2D eigenvalue weighted by Crippen LogP contribution is -2.07. The van der Waals surface area contributed by atoms with Crippen molar-refractivity contribution in [2.45, 2.75) is 12.5 Å². The van der Waals surface area contributed by atoms with Crippen molar-refractivity contribution in [3.63, 3.8) is 0 Å². The first-order valence-corrected chi connectivity index (χ1v) is 4.45. The van der Waals surface area contributed by atoms with Crippen LogP contribution in [0.1, 0.15) is 18.1 Å². The smallest absolute Gasteiger partial charge is 0.308 e. The highest BCUT2D eigenvalue weighted by Gasteiger charge is 2.12. The Hall–Kier alpha value is -0.870. The van der Waals surface area contributed by atoms with Gasteiger partial charge in [0, 0.05) is 0 Å². The van der Waals surface area contributed by atoms with E-state index in [1.165, 1.54) is 18.4 Å². The number of esters is 1. The van der Waals surface area contributed by atoms with Crippen LogP contribution in [0, 0.1) is 0 Å². The summed E-state index contributed by atoms with van der Waals surface area (Å²) in [5, 5.41) is 13.1. The third-order valence-electron chi connectivity index (χ3n) is 1.52. The highest BCUT2D eigenvalue weighted by molar-refractivity contribution is 7.07. The van der Waals surface area contributed by atoms with Crippen molar-refractivity contribution in [3.05, 3.63) is 22.4 Å². The molecule has 0 saturated heterocycles. The number of carbonyl (C=O) groups is 1. The average Bonchev–Trinajstić information content (AvgIpc) is 2.56. The SMILES string of the molecule is COC(=O)CC(O)c1ccsc1. The molecule has 0 spiro atoms. The second-order valence-electron chi connectivity index (χ2n) is 2.35. The average molecular weight is 186 g/mol. The molecule has 0 fully saturated rings. The summed E-state index contributed by atoms with van der Waals surface area (Å²) < 4.78 is 4.42. The van der Waals surface area contributed by atoms with Crippen LogP contribution in [0.25, 0.3) is 0 Å². The normalized spacial score (nSPS) is 12.5. The lowest BCUT2D eigenvalue weighted by atomic mass is 10.1. The number of hydrogen-bond donors (Lipinski definition) is 1. The van der Waals surface area contributed by atoms with Crippen molar-refractivity contribution in [1.29, 1.82) is 0 Å². The molecule has 0 aliphatic heterocycles. The largest absolute Gasteiger partial charge is 0.469 e. The van der Waals surface area contributed by atoms with E-state index in [1.807, 2.05) is 10.8 Å². The lowest BCUT2D eigenvalue weighted by molar-refractivity contribution is -0.142. The van der Waals surface area contributed by atoms with E-state index in [1.54, 1.807) is 6.07 Å². The fourth-order valence-corrected chi connectivity index (χ4v) is 1.53. The fraction of sp³-hybridized carbons (Fsp3) is 0.375. The maximum absolute atomic E-state index is 10.7. The third kappa shape index (κ3) is 2.32. The molecule has 0 radical (unpaired) electrons. The van der Waals surface area contributed by atoms with Gasteiger partial charge in [-0.15, -0.1) is 0 Å². The summed E-state index contributed by atoms with van der Waals surface area (Å²) in [4.78, 5) is 10.7. The Labute approximate surface area is 74.6 Å². The van der Waals surface area contributed by atoms with Gasteiger partial charge < -0.3 is 9.84 Å². The van der Waals surface area contributed by atoms with E-state index in [9.17, 15) is 9.90 Å². The summed E-state index contributed by atoms with van der Waals surface area (Å²) in [6, 6.07) is 1.79. The zero-order valence-corrected chi connectivity index (χ0v) is 7.50. The second kappa shape index (κ2) is 4.23. The molecule has 0 aliphatic rings. The topological polar surface area (TPSA) is 46.5 Å². The van der Waals surface area contributed by atoms with Crippen molar-refractivity contribution in [1.82, 2.24) is 0 Å². The van der Waals surface area contributed by atoms with Gasteiger partial charge in [-0.1, -0.05) is 0 Å². The molecular formula is C8H10O3S. The van der Waals surface area contributed by atoms with E-state index < -0.39 is 12.1 Å². The summed E-state index contributed by atoms with van der Waals surface area (Å²) in [6.07, 6.45) is -0.712. The highest BCUT2D eigenvalue weighted by Crippen LogP contribution is 2.19. The van der Waals surface area contributed by atoms with Gasteiger partial charge in [0.05, 0.1) is 19.6 Å². The highest BCUT2D eigenvalue weighted by atomic mass is 32.1. The minimum Gasteiger partial charge on any atom is -0.469 e. The van der Waals surface area contributed by atoms with E-state index in [4.69, 9.17) is 0 Å². The first-order chi connectivity index (χ1) is 5.74. The van der Waals surface area contributed by atoms with Crippen LogP contribution in [-0.4, -0.2) is 18.2 Å². The molecule has 4 heteroatoms. The molecule has 1 N–H and O–H groups in total. The second-order valence-corrected chi connectivity index (χ2v) is 3.13. The molecule has 1 aromatic heterocycles. The van der Waals surface area contributed by atoms with Gasteiger partial charge in [0.15, 0.2) is 0 Å². The molecular weight excluding hydrogens is 176 g/mol. The van der Waals surface area contributed by atoms with Gasteiger partial charge >= 0.3 is 5.97 Å². The van der Waals surface area contributed by atoms with Crippen molar-refractivity contribution in [3.8, 4) is 0 Å². The minimum absolute atomic E-state index is 0.0211. The molecule has 0 aromatic carbocycles. The van der Waals surface area contributed by atoms with Crippen LogP contribution < -0.4 is 0 Å². The quantitative estimate of drug-likeness (QED) is 0.725. The summed E-state index contributed by atoms with van der Waals surface area (Å²) in [6.45, 7) is 0. The maximum Gasteiger partial charge on any atom is 0.308 e. The van der Waals surface area contributed by atoms with Crippen molar-refractivity contribution < 1.29 is 14.6 Å². The number of carbonyl (C=O) groups excluding carboxylic acids is 1. The number of thiophene rings is 1. The Morgan fingerprint density at radius 2 is 2.58 bits per heavy atom. The van der Waals surface area contributed by atoms with Gasteiger partial charge in [-0.2, -0.15) is 11.3 Å². The van der Waals surface area contributed by atoms with Crippen LogP contribution in [0.15, 0.2) is 16.8 Å². The van der Waals surface area contributed by atoms with Gasteiger partial charge in [0.25, 0.3) is 0 Å². The van der Waals surface area contributed by atoms with Crippen LogP contribution in [0.2, 0.25) is 0 Å². The van der Waals surface area contributed by atoms with Crippen molar-refractivity contribution >= 4 is 17.3 Å². The summed E-state index contributed by atoms with van der Waals surface area (Å²) in [5.41, 5.74) is 0.769. The predicted octanol–water partition coefficient (Wildman–Crippen LogP) is 1.34.